The monoisotopic (exact) mass is 435 g/mol. The van der Waals surface area contributed by atoms with Gasteiger partial charge in [-0.15, -0.1) is 22.7 Å². The van der Waals surface area contributed by atoms with Gasteiger partial charge >= 0.3 is 0 Å². The smallest absolute Gasteiger partial charge is 0.254 e. The Morgan fingerprint density at radius 1 is 1.07 bits per heavy atom. The lowest BCUT2D eigenvalue weighted by Crippen LogP contribution is -2.17. The number of aromatic nitrogens is 1. The lowest BCUT2D eigenvalue weighted by Gasteiger charge is -2.05. The molecule has 1 aromatic carbocycles. The number of pyridine rings is 1. The van der Waals surface area contributed by atoms with Crippen molar-refractivity contribution in [3.8, 4) is 20.9 Å². The molecule has 7 heteroatoms. The van der Waals surface area contributed by atoms with Crippen LogP contribution in [0.25, 0.3) is 20.9 Å². The second-order valence-electron chi connectivity index (χ2n) is 6.80. The fourth-order valence-electron chi connectivity index (χ4n) is 3.33. The first kappa shape index (κ1) is 18.4. The van der Waals surface area contributed by atoms with Crippen LogP contribution >= 0.6 is 34.6 Å². The zero-order valence-electron chi connectivity index (χ0n) is 15.6. The summed E-state index contributed by atoms with van der Waals surface area (Å²) in [6, 6.07) is 16.7. The summed E-state index contributed by atoms with van der Waals surface area (Å²) in [5, 5.41) is 2.07. The van der Waals surface area contributed by atoms with Gasteiger partial charge in [-0.1, -0.05) is 12.1 Å². The molecule has 3 aromatic heterocycles. The largest absolute Gasteiger partial charge is 0.337 e. The molecule has 4 nitrogen and oxygen atoms in total. The van der Waals surface area contributed by atoms with Crippen LogP contribution in [0.5, 0.6) is 0 Å². The van der Waals surface area contributed by atoms with E-state index in [1.54, 1.807) is 39.5 Å². The number of hydrogen-bond acceptors (Lipinski definition) is 6. The number of carbonyl (C=O) groups is 1. The zero-order valence-corrected chi connectivity index (χ0v) is 18.0. The van der Waals surface area contributed by atoms with Crippen molar-refractivity contribution in [2.75, 3.05) is 11.8 Å². The van der Waals surface area contributed by atoms with Gasteiger partial charge in [0.05, 0.1) is 16.1 Å². The summed E-state index contributed by atoms with van der Waals surface area (Å²) in [6.45, 7) is 0.680. The minimum Gasteiger partial charge on any atom is -0.337 e. The van der Waals surface area contributed by atoms with Gasteiger partial charge in [0.15, 0.2) is 0 Å². The summed E-state index contributed by atoms with van der Waals surface area (Å²) in [6.07, 6.45) is 3.74. The first-order valence-corrected chi connectivity index (χ1v) is 11.6. The number of nitrogens with zero attached hydrogens (tertiary/aromatic N) is 2. The Kier molecular flexibility index (Phi) is 4.87. The molecule has 5 rings (SSSR count). The number of nitrogens with one attached hydrogen (secondary N) is 1. The maximum Gasteiger partial charge on any atom is 0.254 e. The van der Waals surface area contributed by atoms with Crippen LogP contribution in [0.2, 0.25) is 0 Å². The number of thiophene rings is 2. The molecule has 1 aliphatic heterocycles. The third-order valence-corrected chi connectivity index (χ3v) is 7.83. The standard InChI is InChI=1S/C22H17N3OS3/c1-25-13-16-9-14(4-5-18(16)22(25)26)19-6-7-20(28-19)15-10-17(12-23-11-15)24-29-21-3-2-8-27-21/h2-12,24H,13H2,1H3. The predicted molar refractivity (Wildman–Crippen MR) is 123 cm³/mol. The van der Waals surface area contributed by atoms with E-state index in [0.717, 1.165) is 27.9 Å². The van der Waals surface area contributed by atoms with Gasteiger partial charge in [0.2, 0.25) is 0 Å². The quantitative estimate of drug-likeness (QED) is 0.377. The Morgan fingerprint density at radius 2 is 1.93 bits per heavy atom. The Bertz CT molecular complexity index is 1180. The Hall–Kier alpha value is -2.61. The van der Waals surface area contributed by atoms with Gasteiger partial charge in [-0.05, 0) is 64.9 Å². The number of fused-ring (bicyclic) bond motifs is 1. The van der Waals surface area contributed by atoms with E-state index in [9.17, 15) is 4.79 Å². The van der Waals surface area contributed by atoms with Crippen molar-refractivity contribution in [2.45, 2.75) is 10.8 Å². The molecule has 1 N–H and O–H groups in total. The Morgan fingerprint density at radius 3 is 2.76 bits per heavy atom. The number of hydrogen-bond donors (Lipinski definition) is 1. The van der Waals surface area contributed by atoms with Gasteiger partial charge in [-0.2, -0.15) is 0 Å². The molecule has 1 amide bonds. The molecule has 0 spiro atoms. The van der Waals surface area contributed by atoms with Crippen molar-refractivity contribution in [3.63, 3.8) is 0 Å². The first-order chi connectivity index (χ1) is 14.2. The normalized spacial score (nSPS) is 13.0. The van der Waals surface area contributed by atoms with Crippen molar-refractivity contribution in [1.29, 1.82) is 0 Å². The first-order valence-electron chi connectivity index (χ1n) is 9.08. The van der Waals surface area contributed by atoms with E-state index in [4.69, 9.17) is 0 Å². The second-order valence-corrected chi connectivity index (χ2v) is 9.93. The van der Waals surface area contributed by atoms with Gasteiger partial charge in [0.25, 0.3) is 5.91 Å². The summed E-state index contributed by atoms with van der Waals surface area (Å²) in [5.41, 5.74) is 5.14. The second kappa shape index (κ2) is 7.67. The minimum absolute atomic E-state index is 0.106. The van der Waals surface area contributed by atoms with Crippen LogP contribution in [-0.2, 0) is 6.54 Å². The molecule has 0 unspecified atom stereocenters. The number of benzene rings is 1. The Labute approximate surface area is 181 Å². The highest BCUT2D eigenvalue weighted by atomic mass is 32.2. The highest BCUT2D eigenvalue weighted by molar-refractivity contribution is 8.02. The van der Waals surface area contributed by atoms with Gasteiger partial charge in [0, 0.05) is 40.7 Å². The summed E-state index contributed by atoms with van der Waals surface area (Å²) >= 11 is 5.05. The molecule has 0 radical (unpaired) electrons. The van der Waals surface area contributed by atoms with Crippen LogP contribution in [-0.4, -0.2) is 22.8 Å². The van der Waals surface area contributed by atoms with Crippen LogP contribution < -0.4 is 4.72 Å². The van der Waals surface area contributed by atoms with Crippen LogP contribution in [0.3, 0.4) is 0 Å². The van der Waals surface area contributed by atoms with Crippen LogP contribution in [0.15, 0.2) is 70.5 Å². The molecule has 0 saturated carbocycles. The highest BCUT2D eigenvalue weighted by Crippen LogP contribution is 2.37. The fourth-order valence-corrected chi connectivity index (χ4v) is 5.72. The molecule has 1 aliphatic rings. The van der Waals surface area contributed by atoms with E-state index in [1.807, 2.05) is 37.6 Å². The number of carbonyl (C=O) groups excluding carboxylic acids is 1. The minimum atomic E-state index is 0.106. The van der Waals surface area contributed by atoms with E-state index in [-0.39, 0.29) is 5.91 Å². The SMILES string of the molecule is CN1Cc2cc(-c3ccc(-c4cncc(NSc5cccs5)c4)s3)ccc2C1=O. The molecular formula is C22H17N3OS3. The fraction of sp³-hybridized carbons (Fsp3) is 0.0909. The van der Waals surface area contributed by atoms with E-state index < -0.39 is 0 Å². The van der Waals surface area contributed by atoms with Crippen LogP contribution in [0, 0.1) is 0 Å². The number of anilines is 1. The van der Waals surface area contributed by atoms with E-state index in [1.165, 1.54) is 14.0 Å². The van der Waals surface area contributed by atoms with Crippen molar-refractivity contribution in [2.24, 2.45) is 0 Å². The van der Waals surface area contributed by atoms with Gasteiger partial charge in [-0.25, -0.2) is 0 Å². The van der Waals surface area contributed by atoms with Gasteiger partial charge in [-0.3, -0.25) is 9.78 Å². The zero-order chi connectivity index (χ0) is 19.8. The molecule has 0 saturated heterocycles. The maximum absolute atomic E-state index is 12.1. The van der Waals surface area contributed by atoms with Crippen molar-refractivity contribution in [1.82, 2.24) is 9.88 Å². The van der Waals surface area contributed by atoms with Gasteiger partial charge < -0.3 is 9.62 Å². The van der Waals surface area contributed by atoms with Crippen molar-refractivity contribution < 1.29 is 4.79 Å². The molecule has 0 bridgehead atoms. The van der Waals surface area contributed by atoms with E-state index in [0.29, 0.717) is 6.54 Å². The summed E-state index contributed by atoms with van der Waals surface area (Å²) in [5.74, 6) is 0.106. The molecular weight excluding hydrogens is 418 g/mol. The molecule has 29 heavy (non-hydrogen) atoms. The Balaban J connectivity index is 1.37. The maximum atomic E-state index is 12.1. The third-order valence-electron chi connectivity index (χ3n) is 4.77. The number of rotatable bonds is 5. The van der Waals surface area contributed by atoms with Crippen molar-refractivity contribution >= 4 is 46.2 Å². The summed E-state index contributed by atoms with van der Waals surface area (Å²) in [7, 11) is 1.84. The molecule has 4 heterocycles. The third kappa shape index (κ3) is 3.69. The molecule has 144 valence electrons. The van der Waals surface area contributed by atoms with E-state index in [2.05, 4.69) is 45.4 Å². The van der Waals surface area contributed by atoms with Crippen LogP contribution in [0.1, 0.15) is 15.9 Å². The molecule has 4 aromatic rings. The van der Waals surface area contributed by atoms with Crippen molar-refractivity contribution in [3.05, 3.63) is 77.4 Å². The van der Waals surface area contributed by atoms with E-state index >= 15 is 0 Å². The number of amides is 1. The summed E-state index contributed by atoms with van der Waals surface area (Å²) < 4.78 is 4.58. The molecule has 0 aliphatic carbocycles. The summed E-state index contributed by atoms with van der Waals surface area (Å²) in [4.78, 5) is 20.6. The molecule has 0 atom stereocenters. The average Bonchev–Trinajstić information content (AvgIpc) is 3.48. The highest BCUT2D eigenvalue weighted by Gasteiger charge is 2.24. The van der Waals surface area contributed by atoms with Crippen LogP contribution in [0.4, 0.5) is 5.69 Å². The lowest BCUT2D eigenvalue weighted by atomic mass is 10.1. The molecule has 0 fully saturated rings. The predicted octanol–water partition coefficient (Wildman–Crippen LogP) is 6.24. The average molecular weight is 436 g/mol. The van der Waals surface area contributed by atoms with Gasteiger partial charge in [0.1, 0.15) is 0 Å². The lowest BCUT2D eigenvalue weighted by molar-refractivity contribution is 0.0816. The topological polar surface area (TPSA) is 45.2 Å².